The van der Waals surface area contributed by atoms with E-state index in [4.69, 9.17) is 0 Å². The molecular weight excluding hydrogens is 284 g/mol. The second-order valence-corrected chi connectivity index (χ2v) is 5.85. The molecule has 0 nitrogen and oxygen atoms in total. The Morgan fingerprint density at radius 1 is 1.67 bits per heavy atom. The fourth-order valence-corrected chi connectivity index (χ4v) is 2.63. The van der Waals surface area contributed by atoms with Gasteiger partial charge in [0.25, 0.3) is 0 Å². The van der Waals surface area contributed by atoms with Crippen LogP contribution in [0.4, 0.5) is 0 Å². The van der Waals surface area contributed by atoms with Gasteiger partial charge in [-0.25, -0.2) is 0 Å². The zero-order valence-electron chi connectivity index (χ0n) is 4.11. The van der Waals surface area contributed by atoms with Crippen molar-refractivity contribution in [1.29, 1.82) is 0 Å². The Bertz CT molecular complexity index is 19.5. The number of hydrogen-bond donors (Lipinski definition) is 0. The fourth-order valence-electron chi connectivity index (χ4n) is 0.228. The first-order valence-corrected chi connectivity index (χ1v) is 8.78. The third-order valence-corrected chi connectivity index (χ3v) is 3.89. The molecular formula is C4H9STl. The molecule has 0 heterocycles. The number of unbranched alkanes of at least 4 members (excludes halogenated alkanes) is 1. The summed E-state index contributed by atoms with van der Waals surface area (Å²) in [5, 5.41) is 0. The van der Waals surface area contributed by atoms with Gasteiger partial charge in [0.15, 0.2) is 0 Å². The van der Waals surface area contributed by atoms with E-state index in [9.17, 15) is 0 Å². The molecule has 0 saturated heterocycles. The van der Waals surface area contributed by atoms with E-state index in [0.29, 0.717) is 0 Å². The van der Waals surface area contributed by atoms with Crippen molar-refractivity contribution in [2.24, 2.45) is 0 Å². The molecule has 0 unspecified atom stereocenters. The maximum absolute atomic E-state index is 2.24. The average Bonchev–Trinajstić information content (AvgIpc) is 1.61. The van der Waals surface area contributed by atoms with Crippen LogP contribution in [0.5, 0.6) is 0 Å². The summed E-state index contributed by atoms with van der Waals surface area (Å²) >= 11 is 1.15. The molecule has 0 aromatic heterocycles. The van der Waals surface area contributed by atoms with Crippen molar-refractivity contribution in [1.82, 2.24) is 0 Å². The molecule has 0 fully saturated rings. The number of rotatable bonds is 3. The van der Waals surface area contributed by atoms with Crippen molar-refractivity contribution in [3.8, 4) is 0 Å². The summed E-state index contributed by atoms with van der Waals surface area (Å²) in [5.74, 6) is 1.40. The summed E-state index contributed by atoms with van der Waals surface area (Å²) < 4.78 is 0. The second-order valence-electron chi connectivity index (χ2n) is 1.22. The predicted octanol–water partition coefficient (Wildman–Crippen LogP) is 1.60. The first-order valence-electron chi connectivity index (χ1n) is 2.23. The Hall–Kier alpha value is 1.27. The van der Waals surface area contributed by atoms with E-state index in [2.05, 4.69) is 15.2 Å². The first-order chi connectivity index (χ1) is 2.91. The van der Waals surface area contributed by atoms with Crippen LogP contribution in [0.15, 0.2) is 0 Å². The Morgan fingerprint density at radius 2 is 2.33 bits per heavy atom. The maximum atomic E-state index is 2.24. The molecule has 0 atom stereocenters. The summed E-state index contributed by atoms with van der Waals surface area (Å²) in [5.41, 5.74) is 0. The molecule has 0 rings (SSSR count). The second kappa shape index (κ2) is 6.27. The molecule has 0 aromatic carbocycles. The summed E-state index contributed by atoms with van der Waals surface area (Å²) in [7, 11) is 2.09. The van der Waals surface area contributed by atoms with E-state index in [1.807, 2.05) is 0 Å². The van der Waals surface area contributed by atoms with Gasteiger partial charge in [-0.15, -0.1) is 0 Å². The molecule has 0 aliphatic carbocycles. The summed E-state index contributed by atoms with van der Waals surface area (Å²) in [6, 6.07) is 0. The molecule has 0 aliphatic heterocycles. The molecule has 6 heavy (non-hydrogen) atoms. The van der Waals surface area contributed by atoms with Crippen LogP contribution in [-0.4, -0.2) is 30.0 Å². The molecule has 0 spiro atoms. The van der Waals surface area contributed by atoms with Gasteiger partial charge < -0.3 is 0 Å². The predicted molar refractivity (Wildman–Crippen MR) is 33.1 cm³/mol. The molecule has 0 aromatic rings. The molecule has 0 saturated carbocycles. The van der Waals surface area contributed by atoms with Crippen LogP contribution in [0.2, 0.25) is 0 Å². The monoisotopic (exact) mass is 294 g/mol. The zero-order chi connectivity index (χ0) is 4.83. The van der Waals surface area contributed by atoms with Crippen molar-refractivity contribution in [3.05, 3.63) is 0 Å². The van der Waals surface area contributed by atoms with Gasteiger partial charge in [-0.3, -0.25) is 0 Å². The van der Waals surface area contributed by atoms with Gasteiger partial charge in [0.05, 0.1) is 0 Å². The minimum absolute atomic E-state index is 1.15. The van der Waals surface area contributed by atoms with Gasteiger partial charge in [0.2, 0.25) is 0 Å². The van der Waals surface area contributed by atoms with E-state index in [1.54, 1.807) is 0 Å². The van der Waals surface area contributed by atoms with Crippen molar-refractivity contribution in [2.45, 2.75) is 19.8 Å². The van der Waals surface area contributed by atoms with Crippen LogP contribution in [-0.2, 0) is 0 Å². The molecule has 0 aliphatic rings. The van der Waals surface area contributed by atoms with Gasteiger partial charge in [-0.2, -0.15) is 0 Å². The molecule has 34 valence electrons. The molecule has 2 heteroatoms. The van der Waals surface area contributed by atoms with E-state index in [0.717, 1.165) is 24.3 Å². The van der Waals surface area contributed by atoms with E-state index in [-0.39, 0.29) is 0 Å². The van der Waals surface area contributed by atoms with E-state index < -0.39 is 0 Å². The van der Waals surface area contributed by atoms with Gasteiger partial charge in [-0.1, -0.05) is 0 Å². The van der Waals surface area contributed by atoms with Crippen LogP contribution in [0.3, 0.4) is 0 Å². The van der Waals surface area contributed by atoms with Crippen LogP contribution in [0.25, 0.3) is 0 Å². The first kappa shape index (κ1) is 7.27. The summed E-state index contributed by atoms with van der Waals surface area (Å²) in [6.07, 6.45) is 2.78. The Kier molecular flexibility index (Phi) is 7.60. The zero-order valence-corrected chi connectivity index (χ0v) is 9.41. The van der Waals surface area contributed by atoms with Crippen LogP contribution in [0, 0.1) is 0 Å². The SMILES string of the molecule is CCCC[S][Tl]. The van der Waals surface area contributed by atoms with Gasteiger partial charge in [-0.05, 0) is 0 Å². The fraction of sp³-hybridized carbons (Fsp3) is 1.00. The third-order valence-electron chi connectivity index (χ3n) is 0.616. The molecule has 0 amide bonds. The van der Waals surface area contributed by atoms with Crippen molar-refractivity contribution >= 4 is 32.6 Å². The Labute approximate surface area is 57.9 Å². The normalized spacial score (nSPS) is 8.67. The van der Waals surface area contributed by atoms with Crippen LogP contribution >= 0.6 is 8.31 Å². The summed E-state index contributed by atoms with van der Waals surface area (Å²) in [4.78, 5) is 0. The van der Waals surface area contributed by atoms with Crippen molar-refractivity contribution in [2.75, 3.05) is 5.75 Å². The van der Waals surface area contributed by atoms with E-state index in [1.165, 1.54) is 18.6 Å². The number of hydrogen-bond acceptors (Lipinski definition) is 1. The Balaban J connectivity index is 2.34. The van der Waals surface area contributed by atoms with E-state index >= 15 is 0 Å². The van der Waals surface area contributed by atoms with Crippen molar-refractivity contribution in [3.63, 3.8) is 0 Å². The average molecular weight is 294 g/mol. The molecule has 0 N–H and O–H groups in total. The van der Waals surface area contributed by atoms with Crippen LogP contribution < -0.4 is 0 Å². The Morgan fingerprint density at radius 3 is 2.50 bits per heavy atom. The quantitative estimate of drug-likeness (QED) is 0.563. The minimum atomic E-state index is 1.15. The molecule has 0 bridgehead atoms. The molecule has 0 radical (unpaired) electrons. The standard InChI is InChI=1S/C4H10S.Tl/c1-2-3-4-5;/h5H,2-4H2,1H3;/q;+1/p-1. The van der Waals surface area contributed by atoms with Crippen LogP contribution in [0.1, 0.15) is 19.8 Å². The van der Waals surface area contributed by atoms with Gasteiger partial charge in [0.1, 0.15) is 0 Å². The van der Waals surface area contributed by atoms with Gasteiger partial charge >= 0.3 is 58.1 Å². The van der Waals surface area contributed by atoms with Gasteiger partial charge in [0, 0.05) is 0 Å². The topological polar surface area (TPSA) is 0 Å². The van der Waals surface area contributed by atoms with Crippen molar-refractivity contribution < 1.29 is 0 Å². The third kappa shape index (κ3) is 5.27. The summed E-state index contributed by atoms with van der Waals surface area (Å²) in [6.45, 7) is 2.24.